The highest BCUT2D eigenvalue weighted by Crippen LogP contribution is 2.45. The molecule has 6 N–H and O–H groups in total. The predicted molar refractivity (Wildman–Crippen MR) is 296 cm³/mol. The second-order valence-electron chi connectivity index (χ2n) is 17.5. The number of aryl methyl sites for hydroxylation is 2. The lowest BCUT2D eigenvalue weighted by atomic mass is 9.95. The van der Waals surface area contributed by atoms with Crippen LogP contribution in [0.15, 0.2) is 74.6 Å². The predicted octanol–water partition coefficient (Wildman–Crippen LogP) is 6.07. The van der Waals surface area contributed by atoms with Gasteiger partial charge in [0.15, 0.2) is 5.75 Å². The summed E-state index contributed by atoms with van der Waals surface area (Å²) in [6.07, 6.45) is 0.738. The van der Waals surface area contributed by atoms with E-state index < -0.39 is 58.8 Å². The summed E-state index contributed by atoms with van der Waals surface area (Å²) in [6, 6.07) is 13.7. The standard InChI is InChI=1S/C50H67N4O20PS4/c1-34-29-37(38-7-9-41(35(2)30-38)52-53-42-10-8-40-44(78(60,61)62)33-45(79(63,64)65)48(51)47(40)49(42)57)6-5-36(34)31-39(55)11-12-54-46(56)32-43(50(54)58)77-28-4-13-67-24-26-73-75(59,76)74-27-25-72-23-22-71-21-20-70-19-18-69-17-16-68-15-14-66-3/h5-10,29-30,33,43,57H,4,11-28,31-32,51H2,1-3H3,(H,59,76)(H,60,61,62)(H,63,64,65). The van der Waals surface area contributed by atoms with Crippen molar-refractivity contribution in [2.24, 2.45) is 10.2 Å². The molecule has 1 aliphatic heterocycles. The molecule has 29 heteroatoms. The number of carbonyl (C=O) groups is 3. The van der Waals surface area contributed by atoms with Gasteiger partial charge in [-0.25, -0.2) is 0 Å². The molecule has 0 aromatic heterocycles. The van der Waals surface area contributed by atoms with Crippen LogP contribution < -0.4 is 5.73 Å². The minimum atomic E-state index is -5.08. The second-order valence-corrected chi connectivity index (χ2v) is 24.4. The monoisotopic (exact) mass is 1200 g/mol. The molecule has 0 bridgehead atoms. The number of nitrogens with zero attached hydrogens (tertiary/aromatic N) is 3. The van der Waals surface area contributed by atoms with Gasteiger partial charge in [-0.05, 0) is 89.9 Å². The van der Waals surface area contributed by atoms with Crippen molar-refractivity contribution in [3.05, 3.63) is 71.3 Å². The van der Waals surface area contributed by atoms with Crippen molar-refractivity contribution in [3.8, 4) is 16.9 Å². The van der Waals surface area contributed by atoms with Crippen molar-refractivity contribution in [1.29, 1.82) is 0 Å². The molecular weight excluding hydrogens is 1140 g/mol. The van der Waals surface area contributed by atoms with Crippen LogP contribution in [-0.4, -0.2) is 182 Å². The third-order valence-corrected chi connectivity index (χ3v) is 16.5. The highest BCUT2D eigenvalue weighted by atomic mass is 32.5. The van der Waals surface area contributed by atoms with Gasteiger partial charge in [-0.1, -0.05) is 30.3 Å². The minimum Gasteiger partial charge on any atom is -0.505 e. The number of imide groups is 1. The highest BCUT2D eigenvalue weighted by Gasteiger charge is 2.38. The fraction of sp³-hybridized carbons (Fsp3) is 0.500. The zero-order chi connectivity index (χ0) is 57.6. The average molecular weight is 1200 g/mol. The van der Waals surface area contributed by atoms with Gasteiger partial charge < -0.3 is 57.9 Å². The van der Waals surface area contributed by atoms with Gasteiger partial charge in [0.1, 0.15) is 21.3 Å². The molecule has 1 saturated heterocycles. The number of fused-ring (bicyclic) bond motifs is 1. The smallest absolute Gasteiger partial charge is 0.324 e. The summed E-state index contributed by atoms with van der Waals surface area (Å²) in [6.45, 7) is 5.40. The van der Waals surface area contributed by atoms with E-state index >= 15 is 0 Å². The van der Waals surface area contributed by atoms with Crippen LogP contribution in [0.25, 0.3) is 21.9 Å². The van der Waals surface area contributed by atoms with Gasteiger partial charge in [0.25, 0.3) is 20.2 Å². The maximum atomic E-state index is 13.1. The summed E-state index contributed by atoms with van der Waals surface area (Å²) in [4.78, 5) is 48.5. The Balaban J connectivity index is 0.943. The quantitative estimate of drug-likeness (QED) is 0.00849. The number of thioether (sulfide) groups is 1. The number of phenols is 1. The number of rotatable bonds is 38. The number of nitrogens with two attached hydrogens (primary N) is 1. The molecule has 0 aliphatic carbocycles. The normalized spacial score (nSPS) is 15.0. The number of nitrogen functional groups attached to an aromatic ring is 1. The maximum absolute atomic E-state index is 13.1. The van der Waals surface area contributed by atoms with Gasteiger partial charge in [-0.2, -0.15) is 21.9 Å². The number of Topliss-reactive ketones (excluding diaryl/α,β-unsaturated/α-hetero) is 1. The minimum absolute atomic E-state index is 0.00190. The Labute approximate surface area is 468 Å². The summed E-state index contributed by atoms with van der Waals surface area (Å²) in [7, 11) is -8.50. The molecule has 1 aliphatic rings. The van der Waals surface area contributed by atoms with Crippen molar-refractivity contribution in [2.75, 3.05) is 124 Å². The number of hydrogen-bond acceptors (Lipinski definition) is 22. The van der Waals surface area contributed by atoms with Crippen molar-refractivity contribution < 1.29 is 92.5 Å². The van der Waals surface area contributed by atoms with Crippen LogP contribution in [-0.2, 0) is 95.1 Å². The molecule has 2 atom stereocenters. The average Bonchev–Trinajstić information content (AvgIpc) is 3.85. The lowest BCUT2D eigenvalue weighted by Gasteiger charge is -2.16. The van der Waals surface area contributed by atoms with Crippen LogP contribution in [0.5, 0.6) is 5.75 Å². The molecule has 1 fully saturated rings. The van der Waals surface area contributed by atoms with Crippen molar-refractivity contribution in [3.63, 3.8) is 0 Å². The fourth-order valence-corrected chi connectivity index (χ4v) is 11.4. The Hall–Kier alpha value is -4.43. The Kier molecular flexibility index (Phi) is 26.7. The highest BCUT2D eigenvalue weighted by molar-refractivity contribution is 8.07. The SMILES string of the molecule is COCCOCCOCCOCCOCCOCCOP(O)(=S)OCCOCCCSC1CC(=O)N(CCC(=O)Cc2ccc(-c3ccc(N=Nc4ccc5c(S(=O)(=O)O)cc(S(=O)(=O)O)c(N)c5c4O)c(C)c3)cc2C)C1=O. The number of phenolic OH excluding ortho intramolecular Hbond substituents is 1. The summed E-state index contributed by atoms with van der Waals surface area (Å²) < 4.78 is 116. The number of ketones is 1. The molecular formula is C50H67N4O20PS4. The maximum Gasteiger partial charge on any atom is 0.324 e. The molecule has 2 unspecified atom stereocenters. The lowest BCUT2D eigenvalue weighted by molar-refractivity contribution is -0.138. The first kappa shape index (κ1) is 65.4. The number of carbonyl (C=O) groups excluding carboxylic acids is 3. The Morgan fingerprint density at radius 2 is 1.23 bits per heavy atom. The number of azo groups is 1. The van der Waals surface area contributed by atoms with E-state index in [-0.39, 0.29) is 80.9 Å². The largest absolute Gasteiger partial charge is 0.505 e. The van der Waals surface area contributed by atoms with E-state index in [1.54, 1.807) is 26.2 Å². The first-order valence-electron chi connectivity index (χ1n) is 24.8. The van der Waals surface area contributed by atoms with E-state index in [1.165, 1.54) is 17.8 Å². The van der Waals surface area contributed by atoms with E-state index in [9.17, 15) is 50.3 Å². The Bertz CT molecular complexity index is 3020. The summed E-state index contributed by atoms with van der Waals surface area (Å²) in [5.74, 6) is -0.988. The van der Waals surface area contributed by atoms with Crippen LogP contribution in [0.4, 0.5) is 17.1 Å². The molecule has 0 spiro atoms. The van der Waals surface area contributed by atoms with Gasteiger partial charge in [0, 0.05) is 44.9 Å². The van der Waals surface area contributed by atoms with Crippen molar-refractivity contribution in [2.45, 2.75) is 54.6 Å². The third-order valence-electron chi connectivity index (χ3n) is 11.8. The lowest BCUT2D eigenvalue weighted by Crippen LogP contribution is -2.33. The number of likely N-dealkylation sites (tertiary alicyclic amines) is 1. The molecule has 5 rings (SSSR count). The molecule has 4 aromatic rings. The number of methoxy groups -OCH3 is 1. The first-order chi connectivity index (χ1) is 37.6. The molecule has 0 radical (unpaired) electrons. The van der Waals surface area contributed by atoms with E-state index in [2.05, 4.69) is 10.2 Å². The molecule has 2 amide bonds. The third kappa shape index (κ3) is 21.1. The number of hydrogen-bond donors (Lipinski definition) is 5. The van der Waals surface area contributed by atoms with Gasteiger partial charge in [0.2, 0.25) is 11.8 Å². The molecule has 24 nitrogen and oxygen atoms in total. The fourth-order valence-electron chi connectivity index (χ4n) is 7.72. The van der Waals surface area contributed by atoms with Crippen LogP contribution in [0, 0.1) is 13.8 Å². The van der Waals surface area contributed by atoms with Crippen LogP contribution in [0.1, 0.15) is 36.0 Å². The van der Waals surface area contributed by atoms with Crippen LogP contribution in [0.2, 0.25) is 0 Å². The molecule has 436 valence electrons. The number of anilines is 1. The first-order valence-corrected chi connectivity index (χ1v) is 31.3. The van der Waals surface area contributed by atoms with Crippen LogP contribution in [0.3, 0.4) is 0 Å². The van der Waals surface area contributed by atoms with Gasteiger partial charge in [-0.15, -0.1) is 16.9 Å². The molecule has 0 saturated carbocycles. The number of amides is 2. The van der Waals surface area contributed by atoms with E-state index in [1.807, 2.05) is 31.2 Å². The number of ether oxygens (including phenoxy) is 7. The molecule has 4 aromatic carbocycles. The van der Waals surface area contributed by atoms with Gasteiger partial charge in [-0.3, -0.25) is 28.4 Å². The van der Waals surface area contributed by atoms with E-state index in [4.69, 9.17) is 59.7 Å². The van der Waals surface area contributed by atoms with Crippen molar-refractivity contribution >= 4 is 96.0 Å². The van der Waals surface area contributed by atoms with Crippen LogP contribution >= 0.6 is 18.5 Å². The Morgan fingerprint density at radius 1 is 0.722 bits per heavy atom. The second kappa shape index (κ2) is 32.3. The van der Waals surface area contributed by atoms with Gasteiger partial charge in [0.05, 0.1) is 115 Å². The zero-order valence-electron chi connectivity index (χ0n) is 43.9. The number of aromatic hydroxyl groups is 1. The van der Waals surface area contributed by atoms with E-state index in [0.717, 1.165) is 33.2 Å². The summed E-state index contributed by atoms with van der Waals surface area (Å²) >= 11 is 6.39. The Morgan fingerprint density at radius 3 is 1.77 bits per heavy atom. The number of benzene rings is 4. The molecule has 1 heterocycles. The summed E-state index contributed by atoms with van der Waals surface area (Å²) in [5, 5.41) is 17.9. The van der Waals surface area contributed by atoms with Crippen molar-refractivity contribution in [1.82, 2.24) is 4.90 Å². The topological polar surface area (TPSA) is 337 Å². The summed E-state index contributed by atoms with van der Waals surface area (Å²) in [5.41, 5.74) is 9.37. The zero-order valence-corrected chi connectivity index (χ0v) is 48.1. The molecule has 79 heavy (non-hydrogen) atoms. The van der Waals surface area contributed by atoms with E-state index in [0.29, 0.717) is 102 Å². The van der Waals surface area contributed by atoms with Gasteiger partial charge >= 0.3 is 6.72 Å².